The van der Waals surface area contributed by atoms with Gasteiger partial charge in [-0.15, -0.1) is 0 Å². The third kappa shape index (κ3) is 11.8. The van der Waals surface area contributed by atoms with Gasteiger partial charge in [0.15, 0.2) is 0 Å². The summed E-state index contributed by atoms with van der Waals surface area (Å²) in [6.07, 6.45) is 31.7. The quantitative estimate of drug-likeness (QED) is 0.0810. The SMILES string of the molecule is CCCCCCCCCCCCCCCCC[n+]1ccn(C(CCC)C(C)(Cc2ccccc2)c2ccccc2)c1. The minimum absolute atomic E-state index is 0.0180. The summed E-state index contributed by atoms with van der Waals surface area (Å²) >= 11 is 0. The van der Waals surface area contributed by atoms with Crippen molar-refractivity contribution in [2.45, 2.75) is 154 Å². The summed E-state index contributed by atoms with van der Waals surface area (Å²) in [6.45, 7) is 8.24. The molecule has 3 rings (SSSR count). The Morgan fingerprint density at radius 2 is 1.15 bits per heavy atom. The van der Waals surface area contributed by atoms with Crippen molar-refractivity contribution in [3.63, 3.8) is 0 Å². The van der Waals surface area contributed by atoms with Crippen LogP contribution in [-0.2, 0) is 18.4 Å². The van der Waals surface area contributed by atoms with Gasteiger partial charge in [0.25, 0.3) is 0 Å². The molecule has 0 aliphatic rings. The van der Waals surface area contributed by atoms with E-state index in [2.05, 4.69) is 109 Å². The van der Waals surface area contributed by atoms with Gasteiger partial charge in [0.1, 0.15) is 18.4 Å². The molecule has 41 heavy (non-hydrogen) atoms. The van der Waals surface area contributed by atoms with Crippen LogP contribution in [0, 0.1) is 0 Å². The highest BCUT2D eigenvalue weighted by atomic mass is 15.1. The Labute approximate surface area is 253 Å². The number of benzene rings is 2. The number of imidazole rings is 1. The van der Waals surface area contributed by atoms with E-state index in [0.29, 0.717) is 6.04 Å². The lowest BCUT2D eigenvalue weighted by molar-refractivity contribution is -0.697. The summed E-state index contributed by atoms with van der Waals surface area (Å²) < 4.78 is 4.95. The maximum atomic E-state index is 2.52. The lowest BCUT2D eigenvalue weighted by Crippen LogP contribution is -2.37. The first-order valence-corrected chi connectivity index (χ1v) is 17.3. The standard InChI is InChI=1S/C39H61N2/c1-4-6-7-8-9-10-11-12-13-14-15-16-17-18-25-31-40-32-33-41(35-40)38(26-5-2)39(3,37-29-23-20-24-30-37)34-36-27-21-19-22-28-36/h19-24,27-30,32-33,35,38H,4-18,25-26,31,34H2,1-3H3/q+1. The van der Waals surface area contributed by atoms with Gasteiger partial charge in [-0.25, -0.2) is 9.13 Å². The topological polar surface area (TPSA) is 8.81 Å². The van der Waals surface area contributed by atoms with E-state index in [1.807, 2.05) is 0 Å². The van der Waals surface area contributed by atoms with E-state index in [1.165, 1.54) is 120 Å². The molecule has 0 aliphatic carbocycles. The Kier molecular flexibility index (Phi) is 15.9. The Balaban J connectivity index is 1.42. The zero-order chi connectivity index (χ0) is 29.0. The predicted octanol–water partition coefficient (Wildman–Crippen LogP) is 11.2. The van der Waals surface area contributed by atoms with E-state index < -0.39 is 0 Å². The van der Waals surface area contributed by atoms with Crippen molar-refractivity contribution in [2.24, 2.45) is 0 Å². The summed E-state index contributed by atoms with van der Waals surface area (Å²) in [7, 11) is 0. The average molecular weight is 558 g/mol. The van der Waals surface area contributed by atoms with Gasteiger partial charge in [-0.3, -0.25) is 0 Å². The van der Waals surface area contributed by atoms with Crippen LogP contribution < -0.4 is 4.57 Å². The molecule has 2 nitrogen and oxygen atoms in total. The molecule has 0 spiro atoms. The molecule has 2 unspecified atom stereocenters. The number of hydrogen-bond donors (Lipinski definition) is 0. The first-order valence-electron chi connectivity index (χ1n) is 17.3. The van der Waals surface area contributed by atoms with Gasteiger partial charge in [0, 0.05) is 5.41 Å². The van der Waals surface area contributed by atoms with E-state index in [1.54, 1.807) is 0 Å². The number of nitrogens with zero attached hydrogens (tertiary/aromatic N) is 2. The van der Waals surface area contributed by atoms with Crippen LogP contribution in [0.25, 0.3) is 0 Å². The molecular formula is C39H61N2+. The summed E-state index contributed by atoms with van der Waals surface area (Å²) in [5.74, 6) is 0. The first-order chi connectivity index (χ1) is 20.2. The van der Waals surface area contributed by atoms with Crippen LogP contribution in [0.3, 0.4) is 0 Å². The van der Waals surface area contributed by atoms with Crippen molar-refractivity contribution in [3.8, 4) is 0 Å². The van der Waals surface area contributed by atoms with Crippen LogP contribution in [0.1, 0.15) is 147 Å². The summed E-state index contributed by atoms with van der Waals surface area (Å²) in [4.78, 5) is 0. The van der Waals surface area contributed by atoms with Crippen LogP contribution in [-0.4, -0.2) is 4.57 Å². The van der Waals surface area contributed by atoms with Crippen LogP contribution in [0.4, 0.5) is 0 Å². The third-order valence-corrected chi connectivity index (χ3v) is 9.24. The molecule has 0 saturated carbocycles. The molecule has 0 radical (unpaired) electrons. The second-order valence-electron chi connectivity index (χ2n) is 12.8. The monoisotopic (exact) mass is 557 g/mol. The van der Waals surface area contributed by atoms with E-state index >= 15 is 0 Å². The third-order valence-electron chi connectivity index (χ3n) is 9.24. The van der Waals surface area contributed by atoms with Crippen molar-refractivity contribution in [3.05, 3.63) is 90.5 Å². The normalized spacial score (nSPS) is 13.7. The molecule has 1 heterocycles. The molecule has 2 heteroatoms. The fourth-order valence-corrected chi connectivity index (χ4v) is 6.71. The molecule has 2 aromatic carbocycles. The molecule has 0 fully saturated rings. The Hall–Kier alpha value is -2.35. The second kappa shape index (κ2) is 19.7. The van der Waals surface area contributed by atoms with Crippen LogP contribution in [0.15, 0.2) is 79.4 Å². The van der Waals surface area contributed by atoms with Gasteiger partial charge < -0.3 is 0 Å². The summed E-state index contributed by atoms with van der Waals surface area (Å²) in [6, 6.07) is 22.7. The van der Waals surface area contributed by atoms with E-state index in [-0.39, 0.29) is 5.41 Å². The first kappa shape index (κ1) is 33.2. The molecule has 3 aromatic rings. The maximum absolute atomic E-state index is 2.52. The van der Waals surface area contributed by atoms with Crippen LogP contribution >= 0.6 is 0 Å². The van der Waals surface area contributed by atoms with Gasteiger partial charge in [-0.2, -0.15) is 0 Å². The minimum atomic E-state index is 0.0180. The Morgan fingerprint density at radius 3 is 1.68 bits per heavy atom. The number of aromatic nitrogens is 2. The number of rotatable bonds is 23. The predicted molar refractivity (Wildman–Crippen MR) is 177 cm³/mol. The summed E-state index contributed by atoms with van der Waals surface area (Å²) in [5.41, 5.74) is 2.87. The van der Waals surface area contributed by atoms with Gasteiger partial charge in [0.2, 0.25) is 6.33 Å². The number of unbranched alkanes of at least 4 members (excludes halogenated alkanes) is 14. The lowest BCUT2D eigenvalue weighted by Gasteiger charge is -2.36. The molecule has 2 atom stereocenters. The molecule has 0 aliphatic heterocycles. The zero-order valence-corrected chi connectivity index (χ0v) is 26.9. The van der Waals surface area contributed by atoms with Gasteiger partial charge in [-0.05, 0) is 36.8 Å². The molecule has 0 amide bonds. The smallest absolute Gasteiger partial charge is 0.237 e. The largest absolute Gasteiger partial charge is 0.244 e. The van der Waals surface area contributed by atoms with Crippen LogP contribution in [0.5, 0.6) is 0 Å². The molecule has 226 valence electrons. The highest BCUT2D eigenvalue weighted by Crippen LogP contribution is 2.41. The minimum Gasteiger partial charge on any atom is -0.237 e. The van der Waals surface area contributed by atoms with E-state index in [4.69, 9.17) is 0 Å². The van der Waals surface area contributed by atoms with Gasteiger partial charge >= 0.3 is 0 Å². The Bertz CT molecular complexity index is 1020. The van der Waals surface area contributed by atoms with Crippen molar-refractivity contribution in [2.75, 3.05) is 0 Å². The highest BCUT2D eigenvalue weighted by Gasteiger charge is 2.40. The fourth-order valence-electron chi connectivity index (χ4n) is 6.71. The average Bonchev–Trinajstić information content (AvgIpc) is 3.47. The van der Waals surface area contributed by atoms with Crippen molar-refractivity contribution in [1.82, 2.24) is 4.57 Å². The number of hydrogen-bond acceptors (Lipinski definition) is 0. The van der Waals surface area contributed by atoms with Crippen molar-refractivity contribution >= 4 is 0 Å². The second-order valence-corrected chi connectivity index (χ2v) is 12.8. The molecule has 0 N–H and O–H groups in total. The number of aryl methyl sites for hydroxylation is 1. The van der Waals surface area contributed by atoms with Gasteiger partial charge in [0.05, 0.1) is 6.54 Å². The Morgan fingerprint density at radius 1 is 0.634 bits per heavy atom. The van der Waals surface area contributed by atoms with Crippen molar-refractivity contribution in [1.29, 1.82) is 0 Å². The van der Waals surface area contributed by atoms with Gasteiger partial charge in [-0.1, -0.05) is 171 Å². The molecule has 0 bridgehead atoms. The van der Waals surface area contributed by atoms with E-state index in [9.17, 15) is 0 Å². The zero-order valence-electron chi connectivity index (χ0n) is 26.9. The maximum Gasteiger partial charge on any atom is 0.244 e. The molecule has 1 aromatic heterocycles. The molecular weight excluding hydrogens is 496 g/mol. The van der Waals surface area contributed by atoms with Crippen LogP contribution in [0.2, 0.25) is 0 Å². The summed E-state index contributed by atoms with van der Waals surface area (Å²) in [5, 5.41) is 0. The van der Waals surface area contributed by atoms with E-state index in [0.717, 1.165) is 13.0 Å². The molecule has 0 saturated heterocycles. The lowest BCUT2D eigenvalue weighted by atomic mass is 9.70. The van der Waals surface area contributed by atoms with Crippen molar-refractivity contribution < 1.29 is 4.57 Å². The highest BCUT2D eigenvalue weighted by molar-refractivity contribution is 5.30. The fraction of sp³-hybridized carbons (Fsp3) is 0.615.